The van der Waals surface area contributed by atoms with Gasteiger partial charge >= 0.3 is 5.97 Å². The molecule has 0 unspecified atom stereocenters. The van der Waals surface area contributed by atoms with Gasteiger partial charge in [-0.25, -0.2) is 9.78 Å². The molecule has 0 aliphatic rings. The van der Waals surface area contributed by atoms with Gasteiger partial charge in [0.2, 0.25) is 5.91 Å². The largest absolute Gasteiger partial charge is 0.462 e. The van der Waals surface area contributed by atoms with Crippen LogP contribution in [0.1, 0.15) is 56.5 Å². The number of aryl methyl sites for hydroxylation is 1. The maximum absolute atomic E-state index is 12.4. The number of nitrogens with one attached hydrogen (secondary N) is 1. The molecule has 0 atom stereocenters. The van der Waals surface area contributed by atoms with Gasteiger partial charge in [0.1, 0.15) is 27.0 Å². The molecule has 0 radical (unpaired) electrons. The summed E-state index contributed by atoms with van der Waals surface area (Å²) in [7, 11) is 0. The van der Waals surface area contributed by atoms with E-state index < -0.39 is 5.97 Å². The second-order valence-corrected chi connectivity index (χ2v) is 8.58. The lowest BCUT2D eigenvalue weighted by atomic mass is 10.1. The minimum absolute atomic E-state index is 0.166. The van der Waals surface area contributed by atoms with Crippen LogP contribution >= 0.6 is 23.1 Å². The zero-order valence-electron chi connectivity index (χ0n) is 17.5. The minimum Gasteiger partial charge on any atom is -0.462 e. The molecule has 2 aromatic heterocycles. The van der Waals surface area contributed by atoms with Crippen molar-refractivity contribution in [2.45, 2.75) is 46.1 Å². The Morgan fingerprint density at radius 3 is 2.37 bits per heavy atom. The van der Waals surface area contributed by atoms with E-state index in [0.717, 1.165) is 28.2 Å². The van der Waals surface area contributed by atoms with Gasteiger partial charge in [0.05, 0.1) is 17.7 Å². The van der Waals surface area contributed by atoms with Crippen molar-refractivity contribution in [1.29, 1.82) is 10.5 Å². The van der Waals surface area contributed by atoms with E-state index in [1.807, 2.05) is 26.8 Å². The van der Waals surface area contributed by atoms with Gasteiger partial charge < -0.3 is 10.1 Å². The third-order valence-corrected chi connectivity index (χ3v) is 6.78. The lowest BCUT2D eigenvalue weighted by molar-refractivity contribution is -0.115. The standard InChI is InChI=1S/C21H22N4O3S2/c1-6-28-21(27)18-13(4)16(10-23)20(30-18)25-17(26)7-8-29-19-15(9-22)12(3)11(2)14(5)24-19/h6-8H2,1-5H3,(H,25,26). The molecule has 7 nitrogen and oxygen atoms in total. The van der Waals surface area contributed by atoms with Crippen molar-refractivity contribution in [3.63, 3.8) is 0 Å². The van der Waals surface area contributed by atoms with Gasteiger partial charge in [-0.15, -0.1) is 23.1 Å². The highest BCUT2D eigenvalue weighted by Crippen LogP contribution is 2.33. The molecular formula is C21H22N4O3S2. The molecule has 1 N–H and O–H groups in total. The van der Waals surface area contributed by atoms with E-state index in [9.17, 15) is 20.1 Å². The molecule has 2 aromatic rings. The monoisotopic (exact) mass is 442 g/mol. The fourth-order valence-electron chi connectivity index (χ4n) is 2.70. The van der Waals surface area contributed by atoms with Gasteiger partial charge in [0.15, 0.2) is 0 Å². The Labute approximate surface area is 184 Å². The maximum atomic E-state index is 12.4. The van der Waals surface area contributed by atoms with Crippen molar-refractivity contribution < 1.29 is 14.3 Å². The first-order valence-electron chi connectivity index (χ1n) is 9.26. The van der Waals surface area contributed by atoms with E-state index in [1.165, 1.54) is 11.8 Å². The average Bonchev–Trinajstić information content (AvgIpc) is 3.01. The lowest BCUT2D eigenvalue weighted by Gasteiger charge is -2.11. The van der Waals surface area contributed by atoms with Gasteiger partial charge in [-0.1, -0.05) is 0 Å². The number of nitrogens with zero attached hydrogens (tertiary/aromatic N) is 3. The van der Waals surface area contributed by atoms with Crippen LogP contribution in [-0.2, 0) is 9.53 Å². The van der Waals surface area contributed by atoms with Gasteiger partial charge in [-0.3, -0.25) is 4.79 Å². The molecule has 30 heavy (non-hydrogen) atoms. The summed E-state index contributed by atoms with van der Waals surface area (Å²) < 4.78 is 5.00. The number of rotatable bonds is 7. The molecule has 9 heteroatoms. The van der Waals surface area contributed by atoms with Gasteiger partial charge in [-0.05, 0) is 51.3 Å². The average molecular weight is 443 g/mol. The summed E-state index contributed by atoms with van der Waals surface area (Å²) in [6.07, 6.45) is 0.166. The molecule has 0 aromatic carbocycles. The van der Waals surface area contributed by atoms with E-state index >= 15 is 0 Å². The van der Waals surface area contributed by atoms with Crippen LogP contribution in [0, 0.1) is 50.4 Å². The molecule has 0 fully saturated rings. The first-order valence-corrected chi connectivity index (χ1v) is 11.1. The van der Waals surface area contributed by atoms with Crippen LogP contribution in [-0.4, -0.2) is 29.2 Å². The molecule has 0 saturated carbocycles. The van der Waals surface area contributed by atoms with Crippen LogP contribution < -0.4 is 5.32 Å². The third-order valence-electron chi connectivity index (χ3n) is 4.62. The van der Waals surface area contributed by atoms with E-state index in [4.69, 9.17) is 4.74 Å². The summed E-state index contributed by atoms with van der Waals surface area (Å²) in [4.78, 5) is 29.2. The number of esters is 1. The summed E-state index contributed by atoms with van der Waals surface area (Å²) >= 11 is 2.38. The van der Waals surface area contributed by atoms with Crippen LogP contribution in [0.4, 0.5) is 5.00 Å². The molecule has 1 amide bonds. The second-order valence-electron chi connectivity index (χ2n) is 6.48. The SMILES string of the molecule is CCOC(=O)c1sc(NC(=O)CCSc2nc(C)c(C)c(C)c2C#N)c(C#N)c1C. The van der Waals surface area contributed by atoms with Crippen LogP contribution in [0.15, 0.2) is 5.03 Å². The molecule has 0 saturated heterocycles. The molecule has 2 rings (SSSR count). The van der Waals surface area contributed by atoms with Crippen LogP contribution in [0.5, 0.6) is 0 Å². The Kier molecular flexibility index (Phi) is 7.99. The second kappa shape index (κ2) is 10.2. The molecule has 156 valence electrons. The van der Waals surface area contributed by atoms with Crippen molar-refractivity contribution in [3.05, 3.63) is 38.4 Å². The Hall–Kier alpha value is -2.88. The summed E-state index contributed by atoms with van der Waals surface area (Å²) in [5.41, 5.74) is 4.04. The van der Waals surface area contributed by atoms with Crippen LogP contribution in [0.25, 0.3) is 0 Å². The third kappa shape index (κ3) is 4.99. The Balaban J connectivity index is 2.08. The summed E-state index contributed by atoms with van der Waals surface area (Å²) in [6, 6.07) is 4.23. The fraction of sp³-hybridized carbons (Fsp3) is 0.381. The quantitative estimate of drug-likeness (QED) is 0.498. The van der Waals surface area contributed by atoms with Gasteiger partial charge in [0, 0.05) is 17.9 Å². The zero-order chi connectivity index (χ0) is 22.4. The van der Waals surface area contributed by atoms with Crippen molar-refractivity contribution in [2.24, 2.45) is 0 Å². The number of nitriles is 2. The topological polar surface area (TPSA) is 116 Å². The molecule has 0 bridgehead atoms. The molecule has 2 heterocycles. The van der Waals surface area contributed by atoms with E-state index in [-0.39, 0.29) is 24.5 Å². The van der Waals surface area contributed by atoms with E-state index in [1.54, 1.807) is 13.8 Å². The highest BCUT2D eigenvalue weighted by molar-refractivity contribution is 7.99. The predicted molar refractivity (Wildman–Crippen MR) is 117 cm³/mol. The lowest BCUT2D eigenvalue weighted by Crippen LogP contribution is -2.12. The van der Waals surface area contributed by atoms with Crippen LogP contribution in [0.2, 0.25) is 0 Å². The van der Waals surface area contributed by atoms with Gasteiger partial charge in [-0.2, -0.15) is 10.5 Å². The number of pyridine rings is 1. The van der Waals surface area contributed by atoms with E-state index in [0.29, 0.717) is 31.8 Å². The number of hydrogen-bond donors (Lipinski definition) is 1. The first kappa shape index (κ1) is 23.4. The molecule has 0 spiro atoms. The highest BCUT2D eigenvalue weighted by atomic mass is 32.2. The van der Waals surface area contributed by atoms with Crippen molar-refractivity contribution >= 4 is 40.0 Å². The number of hydrogen-bond acceptors (Lipinski definition) is 8. The molecule has 0 aliphatic carbocycles. The number of carbonyl (C=O) groups excluding carboxylic acids is 2. The van der Waals surface area contributed by atoms with E-state index in [2.05, 4.69) is 16.4 Å². The fourth-order valence-corrected chi connectivity index (χ4v) is 4.80. The number of carbonyl (C=O) groups is 2. The maximum Gasteiger partial charge on any atom is 0.348 e. The Bertz CT molecular complexity index is 1080. The minimum atomic E-state index is -0.507. The smallest absolute Gasteiger partial charge is 0.348 e. The Morgan fingerprint density at radius 1 is 1.10 bits per heavy atom. The first-order chi connectivity index (χ1) is 14.2. The molecular weight excluding hydrogens is 420 g/mol. The summed E-state index contributed by atoms with van der Waals surface area (Å²) in [6.45, 7) is 9.31. The van der Waals surface area contributed by atoms with Crippen LogP contribution in [0.3, 0.4) is 0 Å². The predicted octanol–water partition coefficient (Wildman–Crippen LogP) is 4.42. The Morgan fingerprint density at radius 2 is 1.77 bits per heavy atom. The number of thiophene rings is 1. The van der Waals surface area contributed by atoms with Crippen molar-refractivity contribution in [1.82, 2.24) is 4.98 Å². The summed E-state index contributed by atoms with van der Waals surface area (Å²) in [5, 5.41) is 22.5. The summed E-state index contributed by atoms with van der Waals surface area (Å²) in [5.74, 6) is -0.366. The molecule has 0 aliphatic heterocycles. The number of amides is 1. The number of thioether (sulfide) groups is 1. The van der Waals surface area contributed by atoms with Crippen molar-refractivity contribution in [3.8, 4) is 12.1 Å². The normalized spacial score (nSPS) is 10.2. The number of aromatic nitrogens is 1. The number of anilines is 1. The van der Waals surface area contributed by atoms with Crippen molar-refractivity contribution in [2.75, 3.05) is 17.7 Å². The highest BCUT2D eigenvalue weighted by Gasteiger charge is 2.22. The number of ether oxygens (including phenoxy) is 1. The van der Waals surface area contributed by atoms with Gasteiger partial charge in [0.25, 0.3) is 0 Å². The zero-order valence-corrected chi connectivity index (χ0v) is 19.1.